The number of anilines is 1. The van der Waals surface area contributed by atoms with Crippen molar-refractivity contribution in [2.24, 2.45) is 0 Å². The van der Waals surface area contributed by atoms with Crippen LogP contribution in [0.2, 0.25) is 0 Å². The normalized spacial score (nSPS) is 18.9. The van der Waals surface area contributed by atoms with E-state index in [2.05, 4.69) is 20.0 Å². The lowest BCUT2D eigenvalue weighted by molar-refractivity contribution is -0.122. The summed E-state index contributed by atoms with van der Waals surface area (Å²) in [5, 5.41) is 6.97. The van der Waals surface area contributed by atoms with Crippen LogP contribution in [-0.2, 0) is 4.79 Å². The molecular weight excluding hydrogens is 260 g/mol. The Kier molecular flexibility index (Phi) is 3.41. The highest BCUT2D eigenvalue weighted by molar-refractivity contribution is 7.09. The summed E-state index contributed by atoms with van der Waals surface area (Å²) >= 11 is 1.35. The van der Waals surface area contributed by atoms with Gasteiger partial charge in [-0.25, -0.2) is 0 Å². The number of rotatable bonds is 3. The van der Waals surface area contributed by atoms with Crippen molar-refractivity contribution in [2.45, 2.75) is 18.9 Å². The van der Waals surface area contributed by atoms with Crippen LogP contribution in [-0.4, -0.2) is 27.9 Å². The van der Waals surface area contributed by atoms with E-state index in [0.29, 0.717) is 13.0 Å². The molecule has 2 heterocycles. The molecule has 0 spiro atoms. The summed E-state index contributed by atoms with van der Waals surface area (Å²) in [4.78, 5) is 15.6. The predicted octanol–water partition coefficient (Wildman–Crippen LogP) is 1.90. The van der Waals surface area contributed by atoms with E-state index in [1.165, 1.54) is 11.5 Å². The molecule has 0 bridgehead atoms. The van der Waals surface area contributed by atoms with Gasteiger partial charge in [-0.15, -0.1) is 0 Å². The van der Waals surface area contributed by atoms with Crippen molar-refractivity contribution < 1.29 is 4.79 Å². The van der Waals surface area contributed by atoms with E-state index in [1.807, 2.05) is 30.3 Å². The van der Waals surface area contributed by atoms with Gasteiger partial charge in [-0.3, -0.25) is 4.79 Å². The molecule has 6 heteroatoms. The Labute approximate surface area is 115 Å². The topological polar surface area (TPSA) is 66.9 Å². The summed E-state index contributed by atoms with van der Waals surface area (Å²) in [5.74, 6) is 0.869. The SMILES string of the molecule is O=C1CC[C@@H](Nc2nc(-c3ccccc3)ns2)CN1. The average molecular weight is 274 g/mol. The standard InChI is InChI=1S/C13H14N4OS/c18-11-7-6-10(8-14-11)15-13-16-12(17-19-13)9-4-2-1-3-5-9/h1-5,10H,6-8H2,(H,14,18)(H,15,16,17)/t10-/m1/s1. The number of carbonyl (C=O) groups is 1. The molecular formula is C13H14N4OS. The zero-order valence-corrected chi connectivity index (χ0v) is 11.1. The van der Waals surface area contributed by atoms with Gasteiger partial charge in [0.15, 0.2) is 5.82 Å². The van der Waals surface area contributed by atoms with Crippen molar-refractivity contribution in [1.82, 2.24) is 14.7 Å². The second-order valence-electron chi connectivity index (χ2n) is 4.47. The monoisotopic (exact) mass is 274 g/mol. The van der Waals surface area contributed by atoms with Crippen molar-refractivity contribution in [3.05, 3.63) is 30.3 Å². The number of nitrogens with one attached hydrogen (secondary N) is 2. The van der Waals surface area contributed by atoms with Gasteiger partial charge in [0.05, 0.1) is 0 Å². The Bertz CT molecular complexity index is 559. The maximum atomic E-state index is 11.1. The number of hydrogen-bond donors (Lipinski definition) is 2. The highest BCUT2D eigenvalue weighted by Crippen LogP contribution is 2.22. The second kappa shape index (κ2) is 5.36. The molecule has 19 heavy (non-hydrogen) atoms. The van der Waals surface area contributed by atoms with E-state index in [1.54, 1.807) is 0 Å². The third-order valence-electron chi connectivity index (χ3n) is 3.05. The first-order chi connectivity index (χ1) is 9.31. The summed E-state index contributed by atoms with van der Waals surface area (Å²) in [6.45, 7) is 0.652. The summed E-state index contributed by atoms with van der Waals surface area (Å²) < 4.78 is 4.35. The van der Waals surface area contributed by atoms with Gasteiger partial charge in [-0.05, 0) is 6.42 Å². The van der Waals surface area contributed by atoms with E-state index in [4.69, 9.17) is 0 Å². The molecule has 1 fully saturated rings. The molecule has 1 saturated heterocycles. The highest BCUT2D eigenvalue weighted by atomic mass is 32.1. The first kappa shape index (κ1) is 12.1. The molecule has 0 radical (unpaired) electrons. The summed E-state index contributed by atoms with van der Waals surface area (Å²) in [6.07, 6.45) is 1.41. The molecule has 98 valence electrons. The van der Waals surface area contributed by atoms with Crippen LogP contribution in [0.1, 0.15) is 12.8 Å². The van der Waals surface area contributed by atoms with Gasteiger partial charge in [0.2, 0.25) is 11.0 Å². The quantitative estimate of drug-likeness (QED) is 0.897. The minimum atomic E-state index is 0.125. The number of amides is 1. The fraction of sp³-hybridized carbons (Fsp3) is 0.308. The van der Waals surface area contributed by atoms with E-state index in [-0.39, 0.29) is 11.9 Å². The van der Waals surface area contributed by atoms with Crippen LogP contribution in [0.4, 0.5) is 5.13 Å². The third kappa shape index (κ3) is 2.90. The van der Waals surface area contributed by atoms with Gasteiger partial charge in [0, 0.05) is 36.1 Å². The highest BCUT2D eigenvalue weighted by Gasteiger charge is 2.19. The molecule has 2 N–H and O–H groups in total. The zero-order valence-electron chi connectivity index (χ0n) is 10.3. The Hall–Kier alpha value is -1.95. The fourth-order valence-electron chi connectivity index (χ4n) is 2.02. The molecule has 1 aliphatic rings. The van der Waals surface area contributed by atoms with Crippen molar-refractivity contribution in [2.75, 3.05) is 11.9 Å². The summed E-state index contributed by atoms with van der Waals surface area (Å²) in [5.41, 5.74) is 1.02. The van der Waals surface area contributed by atoms with Gasteiger partial charge in [-0.2, -0.15) is 9.36 Å². The zero-order chi connectivity index (χ0) is 13.1. The molecule has 0 unspecified atom stereocenters. The largest absolute Gasteiger partial charge is 0.356 e. The summed E-state index contributed by atoms with van der Waals surface area (Å²) in [6, 6.07) is 10.1. The van der Waals surface area contributed by atoms with Crippen molar-refractivity contribution in [1.29, 1.82) is 0 Å². The molecule has 3 rings (SSSR count). The minimum absolute atomic E-state index is 0.125. The smallest absolute Gasteiger partial charge is 0.220 e. The number of nitrogens with zero attached hydrogens (tertiary/aromatic N) is 2. The Morgan fingerprint density at radius 2 is 2.16 bits per heavy atom. The number of carbonyl (C=O) groups excluding carboxylic acids is 1. The minimum Gasteiger partial charge on any atom is -0.356 e. The molecule has 1 aliphatic heterocycles. The van der Waals surface area contributed by atoms with Crippen LogP contribution < -0.4 is 10.6 Å². The maximum absolute atomic E-state index is 11.1. The number of benzene rings is 1. The van der Waals surface area contributed by atoms with Gasteiger partial charge in [0.1, 0.15) is 0 Å². The van der Waals surface area contributed by atoms with Crippen LogP contribution in [0.5, 0.6) is 0 Å². The molecule has 0 aliphatic carbocycles. The number of hydrogen-bond acceptors (Lipinski definition) is 5. The first-order valence-electron chi connectivity index (χ1n) is 6.23. The van der Waals surface area contributed by atoms with Crippen molar-refractivity contribution in [3.63, 3.8) is 0 Å². The Morgan fingerprint density at radius 1 is 1.32 bits per heavy atom. The molecule has 2 aromatic rings. The van der Waals surface area contributed by atoms with Crippen LogP contribution in [0.15, 0.2) is 30.3 Å². The van der Waals surface area contributed by atoms with Gasteiger partial charge < -0.3 is 10.6 Å². The van der Waals surface area contributed by atoms with Crippen LogP contribution in [0.3, 0.4) is 0 Å². The molecule has 1 aromatic carbocycles. The number of piperidine rings is 1. The molecule has 1 amide bonds. The Morgan fingerprint density at radius 3 is 2.89 bits per heavy atom. The lowest BCUT2D eigenvalue weighted by atomic mass is 10.1. The molecule has 1 atom stereocenters. The van der Waals surface area contributed by atoms with Crippen molar-refractivity contribution >= 4 is 22.6 Å². The lowest BCUT2D eigenvalue weighted by Gasteiger charge is -2.22. The van der Waals surface area contributed by atoms with E-state index >= 15 is 0 Å². The first-order valence-corrected chi connectivity index (χ1v) is 7.01. The van der Waals surface area contributed by atoms with E-state index in [9.17, 15) is 4.79 Å². The average Bonchev–Trinajstić information content (AvgIpc) is 2.91. The van der Waals surface area contributed by atoms with E-state index < -0.39 is 0 Å². The van der Waals surface area contributed by atoms with Gasteiger partial charge in [-0.1, -0.05) is 30.3 Å². The second-order valence-corrected chi connectivity index (χ2v) is 5.23. The van der Waals surface area contributed by atoms with Gasteiger partial charge in [0.25, 0.3) is 0 Å². The van der Waals surface area contributed by atoms with Crippen LogP contribution in [0.25, 0.3) is 11.4 Å². The predicted molar refractivity (Wildman–Crippen MR) is 75.0 cm³/mol. The molecule has 0 saturated carbocycles. The maximum Gasteiger partial charge on any atom is 0.220 e. The molecule has 1 aromatic heterocycles. The van der Waals surface area contributed by atoms with E-state index in [0.717, 1.165) is 22.9 Å². The van der Waals surface area contributed by atoms with Gasteiger partial charge >= 0.3 is 0 Å². The lowest BCUT2D eigenvalue weighted by Crippen LogP contribution is -2.41. The Balaban J connectivity index is 1.67. The van der Waals surface area contributed by atoms with Crippen LogP contribution >= 0.6 is 11.5 Å². The van der Waals surface area contributed by atoms with Crippen molar-refractivity contribution in [3.8, 4) is 11.4 Å². The third-order valence-corrected chi connectivity index (χ3v) is 3.70. The fourth-order valence-corrected chi connectivity index (χ4v) is 2.68. The molecule has 5 nitrogen and oxygen atoms in total. The summed E-state index contributed by atoms with van der Waals surface area (Å²) in [7, 11) is 0. The number of aromatic nitrogens is 2. The van der Waals surface area contributed by atoms with Crippen LogP contribution in [0, 0.1) is 0 Å².